The molecule has 0 fully saturated rings. The minimum Gasteiger partial charge on any atom is -0.493 e. The maximum absolute atomic E-state index is 11.7. The van der Waals surface area contributed by atoms with Crippen LogP contribution in [0.25, 0.3) is 11.1 Å². The Morgan fingerprint density at radius 1 is 0.923 bits per heavy atom. The molecule has 2 N–H and O–H groups in total. The average Bonchev–Trinajstić information content (AvgIpc) is 2.65. The number of ether oxygens (including phenoxy) is 2. The van der Waals surface area contributed by atoms with E-state index in [4.69, 9.17) is 15.2 Å². The quantitative estimate of drug-likeness (QED) is 0.517. The molecule has 5 nitrogen and oxygen atoms in total. The number of rotatable bonds is 10. The largest absolute Gasteiger partial charge is 0.493 e. The summed E-state index contributed by atoms with van der Waals surface area (Å²) in [5, 5.41) is 0. The lowest BCUT2D eigenvalue weighted by atomic mass is 9.98. The van der Waals surface area contributed by atoms with Gasteiger partial charge in [-0.1, -0.05) is 36.4 Å². The molecule has 0 radical (unpaired) electrons. The van der Waals surface area contributed by atoms with Crippen molar-refractivity contribution in [1.29, 1.82) is 0 Å². The van der Waals surface area contributed by atoms with E-state index in [0.717, 1.165) is 30.4 Å². The molecular weight excluding hydrogens is 330 g/mol. The highest BCUT2D eigenvalue weighted by molar-refractivity contribution is 6.00. The Balaban J connectivity index is 1.94. The van der Waals surface area contributed by atoms with Gasteiger partial charge >= 0.3 is 5.97 Å². The van der Waals surface area contributed by atoms with Gasteiger partial charge in [0.15, 0.2) is 0 Å². The van der Waals surface area contributed by atoms with Crippen molar-refractivity contribution in [3.05, 3.63) is 54.1 Å². The Morgan fingerprint density at radius 2 is 1.62 bits per heavy atom. The third kappa shape index (κ3) is 5.62. The van der Waals surface area contributed by atoms with Crippen molar-refractivity contribution >= 4 is 11.9 Å². The molecule has 0 saturated carbocycles. The van der Waals surface area contributed by atoms with Crippen molar-refractivity contribution in [2.75, 3.05) is 13.2 Å². The zero-order chi connectivity index (χ0) is 18.8. The second-order valence-corrected chi connectivity index (χ2v) is 5.87. The van der Waals surface area contributed by atoms with E-state index in [1.54, 1.807) is 19.1 Å². The van der Waals surface area contributed by atoms with E-state index in [1.165, 1.54) is 0 Å². The van der Waals surface area contributed by atoms with E-state index in [9.17, 15) is 9.59 Å². The monoisotopic (exact) mass is 355 g/mol. The Labute approximate surface area is 154 Å². The first-order chi connectivity index (χ1) is 12.6. The van der Waals surface area contributed by atoms with E-state index in [-0.39, 0.29) is 5.97 Å². The van der Waals surface area contributed by atoms with Crippen molar-refractivity contribution in [2.45, 2.75) is 32.6 Å². The summed E-state index contributed by atoms with van der Waals surface area (Å²) in [6.07, 6.45) is 2.95. The molecule has 0 bridgehead atoms. The number of esters is 1. The number of hydrogen-bond donors (Lipinski definition) is 1. The topological polar surface area (TPSA) is 78.6 Å². The van der Waals surface area contributed by atoms with Gasteiger partial charge in [0, 0.05) is 17.5 Å². The van der Waals surface area contributed by atoms with Crippen molar-refractivity contribution in [3.63, 3.8) is 0 Å². The number of primary amides is 1. The van der Waals surface area contributed by atoms with Crippen LogP contribution in [-0.2, 0) is 9.53 Å². The molecule has 2 aromatic rings. The van der Waals surface area contributed by atoms with E-state index in [2.05, 4.69) is 0 Å². The van der Waals surface area contributed by atoms with Crippen LogP contribution in [0.15, 0.2) is 48.5 Å². The number of benzene rings is 2. The highest BCUT2D eigenvalue weighted by Gasteiger charge is 2.13. The summed E-state index contributed by atoms with van der Waals surface area (Å²) >= 11 is 0. The van der Waals surface area contributed by atoms with E-state index < -0.39 is 5.91 Å². The van der Waals surface area contributed by atoms with E-state index >= 15 is 0 Å². The first kappa shape index (κ1) is 19.5. The highest BCUT2D eigenvalue weighted by atomic mass is 16.5. The molecule has 0 heterocycles. The van der Waals surface area contributed by atoms with Crippen molar-refractivity contribution < 1.29 is 19.1 Å². The zero-order valence-electron chi connectivity index (χ0n) is 15.1. The van der Waals surface area contributed by atoms with Crippen LogP contribution in [0.1, 0.15) is 43.0 Å². The maximum atomic E-state index is 11.7. The highest BCUT2D eigenvalue weighted by Crippen LogP contribution is 2.32. The first-order valence-electron chi connectivity index (χ1n) is 8.90. The number of carbonyl (C=O) groups excluding carboxylic acids is 2. The van der Waals surface area contributed by atoms with Crippen LogP contribution in [0.5, 0.6) is 5.75 Å². The molecular formula is C21H25NO4. The normalized spacial score (nSPS) is 10.3. The van der Waals surface area contributed by atoms with Crippen LogP contribution in [-0.4, -0.2) is 25.1 Å². The zero-order valence-corrected chi connectivity index (χ0v) is 15.1. The van der Waals surface area contributed by atoms with Gasteiger partial charge in [0.25, 0.3) is 0 Å². The third-order valence-corrected chi connectivity index (χ3v) is 3.96. The molecule has 0 saturated heterocycles. The molecule has 0 atom stereocenters. The van der Waals surface area contributed by atoms with Crippen LogP contribution in [0, 0.1) is 0 Å². The fourth-order valence-electron chi connectivity index (χ4n) is 2.71. The Kier molecular flexibility index (Phi) is 7.68. The molecule has 2 rings (SSSR count). The van der Waals surface area contributed by atoms with Gasteiger partial charge in [-0.3, -0.25) is 9.59 Å². The molecule has 1 amide bonds. The van der Waals surface area contributed by atoms with Gasteiger partial charge in [-0.25, -0.2) is 0 Å². The van der Waals surface area contributed by atoms with Gasteiger partial charge in [0.2, 0.25) is 5.91 Å². The number of hydrogen-bond acceptors (Lipinski definition) is 4. The summed E-state index contributed by atoms with van der Waals surface area (Å²) in [4.78, 5) is 23.0. The van der Waals surface area contributed by atoms with Gasteiger partial charge < -0.3 is 15.2 Å². The SMILES string of the molecule is CCOC(=O)CCCCCOc1ccccc1-c1ccccc1C(N)=O. The van der Waals surface area contributed by atoms with Crippen LogP contribution in [0.2, 0.25) is 0 Å². The van der Waals surface area contributed by atoms with Gasteiger partial charge in [0.05, 0.1) is 13.2 Å². The Morgan fingerprint density at radius 3 is 2.35 bits per heavy atom. The average molecular weight is 355 g/mol. The molecule has 0 aliphatic carbocycles. The number of carbonyl (C=O) groups is 2. The molecule has 0 unspecified atom stereocenters. The van der Waals surface area contributed by atoms with Crippen molar-refractivity contribution in [1.82, 2.24) is 0 Å². The van der Waals surface area contributed by atoms with Crippen LogP contribution < -0.4 is 10.5 Å². The standard InChI is InChI=1S/C21H25NO4/c1-2-25-20(23)14-4-3-9-15-26-19-13-8-7-11-17(19)16-10-5-6-12-18(16)21(22)24/h5-8,10-13H,2-4,9,14-15H2,1H3,(H2,22,24). The molecule has 138 valence electrons. The summed E-state index contributed by atoms with van der Waals surface area (Å²) in [7, 11) is 0. The molecule has 0 aliphatic rings. The molecule has 0 spiro atoms. The lowest BCUT2D eigenvalue weighted by Gasteiger charge is -2.13. The third-order valence-electron chi connectivity index (χ3n) is 3.96. The summed E-state index contributed by atoms with van der Waals surface area (Å²) in [5.41, 5.74) is 7.56. The smallest absolute Gasteiger partial charge is 0.305 e. The summed E-state index contributed by atoms with van der Waals surface area (Å²) in [5.74, 6) is 0.0998. The Bertz CT molecular complexity index is 742. The van der Waals surface area contributed by atoms with E-state index in [0.29, 0.717) is 30.9 Å². The van der Waals surface area contributed by atoms with E-state index in [1.807, 2.05) is 36.4 Å². The Hall–Kier alpha value is -2.82. The van der Waals surface area contributed by atoms with Crippen LogP contribution in [0.4, 0.5) is 0 Å². The molecule has 0 aliphatic heterocycles. The second-order valence-electron chi connectivity index (χ2n) is 5.87. The predicted molar refractivity (Wildman–Crippen MR) is 101 cm³/mol. The lowest BCUT2D eigenvalue weighted by Crippen LogP contribution is -2.12. The first-order valence-corrected chi connectivity index (χ1v) is 8.90. The number of unbranched alkanes of at least 4 members (excludes halogenated alkanes) is 2. The summed E-state index contributed by atoms with van der Waals surface area (Å²) < 4.78 is 10.8. The molecule has 2 aromatic carbocycles. The minimum absolute atomic E-state index is 0.151. The second kappa shape index (κ2) is 10.2. The van der Waals surface area contributed by atoms with Crippen molar-refractivity contribution in [3.8, 4) is 16.9 Å². The molecule has 0 aromatic heterocycles. The van der Waals surface area contributed by atoms with Gasteiger partial charge in [-0.05, 0) is 43.9 Å². The lowest BCUT2D eigenvalue weighted by molar-refractivity contribution is -0.143. The van der Waals surface area contributed by atoms with Gasteiger partial charge in [0.1, 0.15) is 5.75 Å². The fraction of sp³-hybridized carbons (Fsp3) is 0.333. The minimum atomic E-state index is -0.464. The number of amides is 1. The van der Waals surface area contributed by atoms with Gasteiger partial charge in [-0.15, -0.1) is 0 Å². The van der Waals surface area contributed by atoms with Crippen LogP contribution in [0.3, 0.4) is 0 Å². The summed E-state index contributed by atoms with van der Waals surface area (Å²) in [6, 6.07) is 14.8. The van der Waals surface area contributed by atoms with Crippen LogP contribution >= 0.6 is 0 Å². The maximum Gasteiger partial charge on any atom is 0.305 e. The number of para-hydroxylation sites is 1. The predicted octanol–water partition coefficient (Wildman–Crippen LogP) is 3.95. The summed E-state index contributed by atoms with van der Waals surface area (Å²) in [6.45, 7) is 2.77. The fourth-order valence-corrected chi connectivity index (χ4v) is 2.71. The molecule has 26 heavy (non-hydrogen) atoms. The van der Waals surface area contributed by atoms with Gasteiger partial charge in [-0.2, -0.15) is 0 Å². The number of nitrogens with two attached hydrogens (primary N) is 1. The molecule has 5 heteroatoms. The van der Waals surface area contributed by atoms with Crippen molar-refractivity contribution in [2.24, 2.45) is 5.73 Å².